The first-order valence-electron chi connectivity index (χ1n) is 7.32. The van der Waals surface area contributed by atoms with Gasteiger partial charge in [-0.15, -0.1) is 0 Å². The van der Waals surface area contributed by atoms with Crippen LogP contribution in [0, 0.1) is 0 Å². The Bertz CT molecular complexity index is 645. The number of hydrogen-bond donors (Lipinski definition) is 3. The van der Waals surface area contributed by atoms with Gasteiger partial charge >= 0.3 is 11.9 Å². The Kier molecular flexibility index (Phi) is 7.61. The summed E-state index contributed by atoms with van der Waals surface area (Å²) in [6, 6.07) is 16.5. The maximum Gasteiger partial charge on any atom is 0.325 e. The molecule has 128 valence electrons. The number of carboxylic acid groups (broad SMARTS) is 2. The molecule has 0 heterocycles. The summed E-state index contributed by atoms with van der Waals surface area (Å²) in [5, 5.41) is 17.5. The van der Waals surface area contributed by atoms with Crippen LogP contribution in [0.1, 0.15) is 23.2 Å². The number of nitrogens with two attached hydrogens (primary N) is 1. The highest BCUT2D eigenvalue weighted by Gasteiger charge is 2.21. The Morgan fingerprint density at radius 1 is 0.833 bits per heavy atom. The molecule has 0 aliphatic rings. The molecule has 6 heteroatoms. The molecule has 2 aromatic rings. The molecule has 6 nitrogen and oxygen atoms in total. The van der Waals surface area contributed by atoms with Gasteiger partial charge < -0.3 is 15.9 Å². The minimum Gasteiger partial charge on any atom is -0.480 e. The van der Waals surface area contributed by atoms with Crippen molar-refractivity contribution < 1.29 is 19.8 Å². The third-order valence-corrected chi connectivity index (χ3v) is 3.29. The third-order valence-electron chi connectivity index (χ3n) is 3.29. The van der Waals surface area contributed by atoms with Crippen molar-refractivity contribution in [3.05, 3.63) is 71.8 Å². The number of carbonyl (C=O) groups is 2. The molecule has 0 aliphatic heterocycles. The van der Waals surface area contributed by atoms with Crippen LogP contribution in [0.3, 0.4) is 0 Å². The molecule has 0 radical (unpaired) electrons. The highest BCUT2D eigenvalue weighted by molar-refractivity contribution is 5.75. The van der Waals surface area contributed by atoms with E-state index in [9.17, 15) is 9.59 Å². The van der Waals surface area contributed by atoms with Crippen LogP contribution in [-0.2, 0) is 9.59 Å². The Hall–Kier alpha value is -2.70. The van der Waals surface area contributed by atoms with Gasteiger partial charge in [0, 0.05) is 0 Å². The minimum absolute atomic E-state index is 0.554. The molecule has 0 bridgehead atoms. The van der Waals surface area contributed by atoms with Gasteiger partial charge in [-0.1, -0.05) is 60.7 Å². The fraction of sp³-hybridized carbons (Fsp3) is 0.222. The number of likely N-dealkylation sites (N-methyl/N-ethyl adjacent to an activating group) is 1. The quantitative estimate of drug-likeness (QED) is 0.776. The van der Waals surface area contributed by atoms with Gasteiger partial charge in [-0.05, 0) is 25.2 Å². The molecule has 0 saturated heterocycles. The third kappa shape index (κ3) is 5.83. The fourth-order valence-corrected chi connectivity index (χ4v) is 2.10. The molecular weight excluding hydrogens is 308 g/mol. The standard InChI is InChI=1S/C10H13NO2.C8H9NO2/c1-11(2)9(10(12)13)8-6-4-3-5-7-8;9-7(8(10)11)6-4-2-1-3-5-6/h3-7,9H,1-2H3,(H,12,13);1-5,7H,9H2,(H,10,11)/t9-;7-/m11/s1. The number of aliphatic carboxylic acids is 2. The van der Waals surface area contributed by atoms with E-state index in [-0.39, 0.29) is 0 Å². The summed E-state index contributed by atoms with van der Waals surface area (Å²) in [5.41, 5.74) is 6.77. The molecule has 24 heavy (non-hydrogen) atoms. The zero-order chi connectivity index (χ0) is 18.1. The van der Waals surface area contributed by atoms with Crippen molar-refractivity contribution in [3.8, 4) is 0 Å². The van der Waals surface area contributed by atoms with Gasteiger partial charge in [0.1, 0.15) is 12.1 Å². The second-order valence-corrected chi connectivity index (χ2v) is 5.34. The van der Waals surface area contributed by atoms with E-state index >= 15 is 0 Å². The van der Waals surface area contributed by atoms with Crippen LogP contribution in [0.5, 0.6) is 0 Å². The Labute approximate surface area is 141 Å². The number of carboxylic acids is 2. The topological polar surface area (TPSA) is 104 Å². The van der Waals surface area contributed by atoms with E-state index in [0.29, 0.717) is 5.56 Å². The number of benzene rings is 2. The van der Waals surface area contributed by atoms with Crippen molar-refractivity contribution >= 4 is 11.9 Å². The molecule has 2 aromatic carbocycles. The Balaban J connectivity index is 0.000000243. The molecule has 4 N–H and O–H groups in total. The average molecular weight is 330 g/mol. The van der Waals surface area contributed by atoms with Gasteiger partial charge in [0.25, 0.3) is 0 Å². The minimum atomic E-state index is -1.00. The van der Waals surface area contributed by atoms with E-state index < -0.39 is 24.0 Å². The van der Waals surface area contributed by atoms with Crippen LogP contribution >= 0.6 is 0 Å². The van der Waals surface area contributed by atoms with Crippen molar-refractivity contribution in [2.75, 3.05) is 14.1 Å². The van der Waals surface area contributed by atoms with Gasteiger partial charge in [-0.3, -0.25) is 14.5 Å². The second-order valence-electron chi connectivity index (χ2n) is 5.34. The van der Waals surface area contributed by atoms with E-state index in [2.05, 4.69) is 0 Å². The lowest BCUT2D eigenvalue weighted by Gasteiger charge is -2.19. The lowest BCUT2D eigenvalue weighted by atomic mass is 10.1. The zero-order valence-electron chi connectivity index (χ0n) is 13.7. The van der Waals surface area contributed by atoms with Gasteiger partial charge in [0.05, 0.1) is 0 Å². The summed E-state index contributed by atoms with van der Waals surface area (Å²) < 4.78 is 0. The van der Waals surface area contributed by atoms with Gasteiger partial charge in [-0.2, -0.15) is 0 Å². The molecule has 0 spiro atoms. The van der Waals surface area contributed by atoms with Crippen molar-refractivity contribution in [3.63, 3.8) is 0 Å². The van der Waals surface area contributed by atoms with Crippen molar-refractivity contribution in [1.82, 2.24) is 4.90 Å². The molecule has 0 saturated carbocycles. The van der Waals surface area contributed by atoms with Crippen molar-refractivity contribution in [2.45, 2.75) is 12.1 Å². The van der Waals surface area contributed by atoms with Gasteiger partial charge in [-0.25, -0.2) is 0 Å². The van der Waals surface area contributed by atoms with E-state index in [1.54, 1.807) is 43.3 Å². The summed E-state index contributed by atoms with van der Waals surface area (Å²) in [5.74, 6) is -1.83. The Morgan fingerprint density at radius 3 is 1.58 bits per heavy atom. The van der Waals surface area contributed by atoms with E-state index in [1.165, 1.54) is 0 Å². The second kappa shape index (κ2) is 9.44. The van der Waals surface area contributed by atoms with Crippen LogP contribution in [0.25, 0.3) is 0 Å². The predicted octanol–water partition coefficient (Wildman–Crippen LogP) is 2.14. The van der Waals surface area contributed by atoms with Crippen LogP contribution < -0.4 is 5.73 Å². The SMILES string of the molecule is CN(C)[C@@H](C(=O)O)c1ccccc1.N[C@@H](C(=O)O)c1ccccc1. The first-order chi connectivity index (χ1) is 11.3. The molecule has 2 atom stereocenters. The molecule has 0 fully saturated rings. The van der Waals surface area contributed by atoms with Gasteiger partial charge in [0.15, 0.2) is 0 Å². The summed E-state index contributed by atoms with van der Waals surface area (Å²) in [7, 11) is 3.51. The summed E-state index contributed by atoms with van der Waals surface area (Å²) in [4.78, 5) is 23.0. The summed E-state index contributed by atoms with van der Waals surface area (Å²) in [6.07, 6.45) is 0. The van der Waals surface area contributed by atoms with Crippen molar-refractivity contribution in [2.24, 2.45) is 5.73 Å². The molecule has 0 aliphatic carbocycles. The summed E-state index contributed by atoms with van der Waals surface area (Å²) >= 11 is 0. The first-order valence-corrected chi connectivity index (χ1v) is 7.32. The normalized spacial score (nSPS) is 12.7. The Morgan fingerprint density at radius 2 is 1.25 bits per heavy atom. The maximum absolute atomic E-state index is 10.9. The monoisotopic (exact) mass is 330 g/mol. The molecular formula is C18H22N2O4. The molecule has 2 rings (SSSR count). The van der Waals surface area contributed by atoms with Gasteiger partial charge in [0.2, 0.25) is 0 Å². The lowest BCUT2D eigenvalue weighted by Crippen LogP contribution is -2.27. The predicted molar refractivity (Wildman–Crippen MR) is 91.5 cm³/mol. The van der Waals surface area contributed by atoms with Crippen LogP contribution in [-0.4, -0.2) is 41.1 Å². The number of rotatable bonds is 5. The van der Waals surface area contributed by atoms with Crippen LogP contribution in [0.2, 0.25) is 0 Å². The first kappa shape index (κ1) is 19.3. The molecule has 0 unspecified atom stereocenters. The largest absolute Gasteiger partial charge is 0.480 e. The number of nitrogens with zero attached hydrogens (tertiary/aromatic N) is 1. The van der Waals surface area contributed by atoms with E-state index in [1.807, 2.05) is 36.4 Å². The molecule has 0 aromatic heterocycles. The van der Waals surface area contributed by atoms with Crippen LogP contribution in [0.4, 0.5) is 0 Å². The highest BCUT2D eigenvalue weighted by atomic mass is 16.4. The number of hydrogen-bond acceptors (Lipinski definition) is 4. The van der Waals surface area contributed by atoms with E-state index in [4.69, 9.17) is 15.9 Å². The zero-order valence-corrected chi connectivity index (χ0v) is 13.7. The van der Waals surface area contributed by atoms with Crippen LogP contribution in [0.15, 0.2) is 60.7 Å². The summed E-state index contributed by atoms with van der Waals surface area (Å²) in [6.45, 7) is 0. The highest BCUT2D eigenvalue weighted by Crippen LogP contribution is 2.17. The maximum atomic E-state index is 10.9. The average Bonchev–Trinajstić information content (AvgIpc) is 2.56. The molecule has 0 amide bonds. The van der Waals surface area contributed by atoms with Crippen molar-refractivity contribution in [1.29, 1.82) is 0 Å². The van der Waals surface area contributed by atoms with E-state index in [0.717, 1.165) is 5.56 Å². The lowest BCUT2D eigenvalue weighted by molar-refractivity contribution is -0.142. The fourth-order valence-electron chi connectivity index (χ4n) is 2.10. The smallest absolute Gasteiger partial charge is 0.325 e.